The first-order valence-corrected chi connectivity index (χ1v) is 18.7. The van der Waals surface area contributed by atoms with E-state index in [0.717, 1.165) is 0 Å². The van der Waals surface area contributed by atoms with Crippen LogP contribution in [0.5, 0.6) is 0 Å². The molecule has 2 heterocycles. The Morgan fingerprint density at radius 1 is 0.280 bits per heavy atom. The summed E-state index contributed by atoms with van der Waals surface area (Å²) < 4.78 is 5.48. The first-order chi connectivity index (χ1) is 24.8. The van der Waals surface area contributed by atoms with Crippen LogP contribution in [0, 0.1) is 0 Å². The van der Waals surface area contributed by atoms with Gasteiger partial charge in [-0.3, -0.25) is 0 Å². The van der Waals surface area contributed by atoms with Crippen LogP contribution < -0.4 is 0 Å². The van der Waals surface area contributed by atoms with Crippen LogP contribution in [0.1, 0.15) is 0 Å². The van der Waals surface area contributed by atoms with Crippen LogP contribution in [0.15, 0.2) is 170 Å². The molecule has 0 N–H and O–H groups in total. The van der Waals surface area contributed by atoms with Crippen LogP contribution in [0.2, 0.25) is 0 Å². The van der Waals surface area contributed by atoms with Crippen LogP contribution >= 0.6 is 22.7 Å². The molecule has 2 heteroatoms. The molecule has 0 fully saturated rings. The summed E-state index contributed by atoms with van der Waals surface area (Å²) in [4.78, 5) is 0. The lowest BCUT2D eigenvalue weighted by Crippen LogP contribution is -1.90. The minimum Gasteiger partial charge on any atom is -0.135 e. The second kappa shape index (κ2) is 10.9. The summed E-state index contributed by atoms with van der Waals surface area (Å²) in [7, 11) is 0. The van der Waals surface area contributed by atoms with Crippen LogP contribution in [0.25, 0.3) is 106 Å². The summed E-state index contributed by atoms with van der Waals surface area (Å²) >= 11 is 3.86. The lowest BCUT2D eigenvalue weighted by Gasteiger charge is -2.18. The Kier molecular flexibility index (Phi) is 6.09. The Morgan fingerprint density at radius 2 is 0.800 bits per heavy atom. The largest absolute Gasteiger partial charge is 0.135 e. The third kappa shape index (κ3) is 4.10. The van der Waals surface area contributed by atoms with Crippen molar-refractivity contribution in [3.05, 3.63) is 170 Å². The predicted octanol–water partition coefficient (Wildman–Crippen LogP) is 14.9. The minimum absolute atomic E-state index is 1.24. The normalized spacial score (nSPS) is 12.0. The molecule has 0 amide bonds. The first kappa shape index (κ1) is 28.1. The Morgan fingerprint density at radius 3 is 1.50 bits per heavy atom. The highest BCUT2D eigenvalue weighted by atomic mass is 32.1. The zero-order valence-corrected chi connectivity index (χ0v) is 28.6. The maximum atomic E-state index is 2.39. The van der Waals surface area contributed by atoms with Gasteiger partial charge in [-0.15, -0.1) is 22.7 Å². The fourth-order valence-corrected chi connectivity index (χ4v) is 10.8. The van der Waals surface area contributed by atoms with Gasteiger partial charge in [0.15, 0.2) is 0 Å². The van der Waals surface area contributed by atoms with Gasteiger partial charge >= 0.3 is 0 Å². The molecule has 0 spiro atoms. The van der Waals surface area contributed by atoms with E-state index in [1.807, 2.05) is 22.7 Å². The number of rotatable bonds is 3. The topological polar surface area (TPSA) is 0 Å². The second-order valence-corrected chi connectivity index (χ2v) is 15.3. The average molecular weight is 669 g/mol. The number of fused-ring (bicyclic) bond motifs is 11. The van der Waals surface area contributed by atoms with Crippen molar-refractivity contribution in [1.82, 2.24) is 0 Å². The van der Waals surface area contributed by atoms with Crippen molar-refractivity contribution in [2.75, 3.05) is 0 Å². The maximum Gasteiger partial charge on any atom is 0.0448 e. The highest BCUT2D eigenvalue weighted by Gasteiger charge is 2.18. The second-order valence-electron chi connectivity index (χ2n) is 13.2. The molecule has 0 aliphatic rings. The van der Waals surface area contributed by atoms with Crippen molar-refractivity contribution >= 4 is 95.3 Å². The van der Waals surface area contributed by atoms with Crippen molar-refractivity contribution < 1.29 is 0 Å². The zero-order chi connectivity index (χ0) is 32.8. The maximum absolute atomic E-state index is 2.39. The quantitative estimate of drug-likeness (QED) is 0.164. The fourth-order valence-electron chi connectivity index (χ4n) is 8.19. The Hall–Kier alpha value is -5.80. The molecule has 0 saturated heterocycles. The van der Waals surface area contributed by atoms with E-state index >= 15 is 0 Å². The average Bonchev–Trinajstić information content (AvgIpc) is 3.75. The molecule has 0 bridgehead atoms. The van der Waals surface area contributed by atoms with E-state index in [2.05, 4.69) is 170 Å². The van der Waals surface area contributed by atoms with E-state index in [-0.39, 0.29) is 0 Å². The number of benzene rings is 9. The number of thiophene rings is 2. The highest BCUT2D eigenvalue weighted by molar-refractivity contribution is 7.30. The third-order valence-corrected chi connectivity index (χ3v) is 12.9. The van der Waals surface area contributed by atoms with Gasteiger partial charge in [-0.1, -0.05) is 158 Å². The summed E-state index contributed by atoms with van der Waals surface area (Å²) in [6.07, 6.45) is 0. The van der Waals surface area contributed by atoms with E-state index in [1.54, 1.807) is 0 Å². The molecule has 50 heavy (non-hydrogen) atoms. The van der Waals surface area contributed by atoms with Gasteiger partial charge < -0.3 is 0 Å². The molecule has 232 valence electrons. The molecule has 0 nitrogen and oxygen atoms in total. The summed E-state index contributed by atoms with van der Waals surface area (Å²) in [6.45, 7) is 0. The van der Waals surface area contributed by atoms with Gasteiger partial charge in [0.05, 0.1) is 0 Å². The van der Waals surface area contributed by atoms with Crippen LogP contribution in [0.4, 0.5) is 0 Å². The molecule has 0 atom stereocenters. The SMILES string of the molecule is c1ccc(-c2c3ccccc3c(-c3ccc(-c4ccc5c(c4)sc4ccc6c7ccc8ccccc8c7sc6c45)cc3)c3ccccc23)cc1. The lowest BCUT2D eigenvalue weighted by molar-refractivity contribution is 1.63. The standard InChI is InChI=1S/C48H28S2/c1-2-11-31(12-3-1)44-35-14-6-8-16-37(35)45(38-17-9-7-15-36(38)44)32-20-18-29(19-21-32)33-23-25-41-43(28-33)49-42-27-26-40-39-24-22-30-10-4-5-13-34(30)47(39)50-48(40)46(41)42/h1-28H. The molecule has 0 aliphatic heterocycles. The van der Waals surface area contributed by atoms with Gasteiger partial charge in [0.2, 0.25) is 0 Å². The highest BCUT2D eigenvalue weighted by Crippen LogP contribution is 2.47. The van der Waals surface area contributed by atoms with Gasteiger partial charge in [-0.2, -0.15) is 0 Å². The van der Waals surface area contributed by atoms with Gasteiger partial charge in [0.1, 0.15) is 0 Å². The molecule has 2 aromatic heterocycles. The van der Waals surface area contributed by atoms with E-state index in [0.29, 0.717) is 0 Å². The summed E-state index contributed by atoms with van der Waals surface area (Å²) in [5.74, 6) is 0. The van der Waals surface area contributed by atoms with E-state index in [9.17, 15) is 0 Å². The monoisotopic (exact) mass is 668 g/mol. The molecule has 11 rings (SSSR count). The van der Waals surface area contributed by atoms with Gasteiger partial charge in [0.25, 0.3) is 0 Å². The van der Waals surface area contributed by atoms with Crippen molar-refractivity contribution in [2.24, 2.45) is 0 Å². The summed E-state index contributed by atoms with van der Waals surface area (Å²) in [6, 6.07) is 62.8. The van der Waals surface area contributed by atoms with Crippen molar-refractivity contribution in [3.63, 3.8) is 0 Å². The molecule has 0 saturated carbocycles. The first-order valence-electron chi connectivity index (χ1n) is 17.1. The van der Waals surface area contributed by atoms with Crippen molar-refractivity contribution in [2.45, 2.75) is 0 Å². The Labute approximate surface area is 297 Å². The van der Waals surface area contributed by atoms with Gasteiger partial charge in [0, 0.05) is 40.3 Å². The van der Waals surface area contributed by atoms with E-state index in [1.165, 1.54) is 106 Å². The molecule has 9 aromatic carbocycles. The van der Waals surface area contributed by atoms with Crippen molar-refractivity contribution in [1.29, 1.82) is 0 Å². The molecule has 11 aromatic rings. The molecular weight excluding hydrogens is 641 g/mol. The summed E-state index contributed by atoms with van der Waals surface area (Å²) in [5.41, 5.74) is 7.57. The minimum atomic E-state index is 1.24. The lowest BCUT2D eigenvalue weighted by atomic mass is 9.86. The third-order valence-electron chi connectivity index (χ3n) is 10.5. The van der Waals surface area contributed by atoms with Crippen LogP contribution in [-0.2, 0) is 0 Å². The summed E-state index contributed by atoms with van der Waals surface area (Å²) in [5, 5.41) is 13.2. The fraction of sp³-hybridized carbons (Fsp3) is 0. The van der Waals surface area contributed by atoms with Crippen LogP contribution in [-0.4, -0.2) is 0 Å². The van der Waals surface area contributed by atoms with Gasteiger partial charge in [-0.05, 0) is 77.8 Å². The Balaban J connectivity index is 1.04. The van der Waals surface area contributed by atoms with Crippen molar-refractivity contribution in [3.8, 4) is 33.4 Å². The van der Waals surface area contributed by atoms with Crippen LogP contribution in [0.3, 0.4) is 0 Å². The molecular formula is C48H28S2. The smallest absolute Gasteiger partial charge is 0.0448 e. The van der Waals surface area contributed by atoms with E-state index < -0.39 is 0 Å². The number of hydrogen-bond donors (Lipinski definition) is 0. The zero-order valence-electron chi connectivity index (χ0n) is 27.0. The molecule has 0 unspecified atom stereocenters. The number of hydrogen-bond acceptors (Lipinski definition) is 2. The Bertz CT molecular complexity index is 3070. The molecule has 0 aliphatic carbocycles. The molecule has 0 radical (unpaired) electrons. The van der Waals surface area contributed by atoms with E-state index in [4.69, 9.17) is 0 Å². The van der Waals surface area contributed by atoms with Gasteiger partial charge in [-0.25, -0.2) is 0 Å². The predicted molar refractivity (Wildman–Crippen MR) is 221 cm³/mol.